The average Bonchev–Trinajstić information content (AvgIpc) is 1.88. The molecule has 0 radical (unpaired) electrons. The second-order valence-electron chi connectivity index (χ2n) is 1.99. The number of aliphatic carboxylic acids is 2. The van der Waals surface area contributed by atoms with Gasteiger partial charge in [0.05, 0.1) is 24.1 Å². The molecule has 2 atom stereocenters. The van der Waals surface area contributed by atoms with Crippen LogP contribution in [0, 0.1) is 0 Å². The van der Waals surface area contributed by atoms with Crippen molar-refractivity contribution in [1.82, 2.24) is 0 Å². The third-order valence-electron chi connectivity index (χ3n) is 0.682. The number of carbonyl (C=O) groups is 2. The van der Waals surface area contributed by atoms with Gasteiger partial charge in [0.1, 0.15) is 0 Å². The summed E-state index contributed by atoms with van der Waals surface area (Å²) in [5.74, 6) is -2.87. The van der Waals surface area contributed by atoms with Gasteiger partial charge in [-0.3, -0.25) is 0 Å². The Morgan fingerprint density at radius 2 is 0.941 bits per heavy atom. The van der Waals surface area contributed by atoms with Crippen molar-refractivity contribution in [2.45, 2.75) is 26.1 Å². The van der Waals surface area contributed by atoms with Crippen LogP contribution in [0.5, 0.6) is 0 Å². The summed E-state index contributed by atoms with van der Waals surface area (Å²) in [5, 5.41) is 34.6. The van der Waals surface area contributed by atoms with Crippen LogP contribution < -0.4 is 94.1 Å². The Bertz CT molecular complexity index is 155. The fourth-order valence-electron chi connectivity index (χ4n) is 0. The van der Waals surface area contributed by atoms with Gasteiger partial charge in [-0.2, -0.15) is 0 Å². The topological polar surface area (TPSA) is 121 Å². The minimum Gasteiger partial charge on any atom is -1.00 e. The number of hydrogen-bond acceptors (Lipinski definition) is 6. The molecule has 0 spiro atoms. The van der Waals surface area contributed by atoms with Gasteiger partial charge in [-0.1, -0.05) is 0 Å². The molecule has 0 aromatic heterocycles. The third kappa shape index (κ3) is 45.6. The summed E-state index contributed by atoms with van der Waals surface area (Å²) in [4.78, 5) is 18.7. The summed E-state index contributed by atoms with van der Waals surface area (Å²) in [6.07, 6.45) is -2.69. The molecule has 0 aliphatic rings. The van der Waals surface area contributed by atoms with E-state index in [0.29, 0.717) is 0 Å². The number of hydrogen-bond donors (Lipinski definition) is 2. The molecule has 0 aromatic carbocycles. The molecule has 0 fully saturated rings. The van der Waals surface area contributed by atoms with Crippen LogP contribution in [0.25, 0.3) is 0 Å². The Morgan fingerprint density at radius 1 is 0.882 bits per heavy atom. The van der Waals surface area contributed by atoms with Crippen LogP contribution in [0.3, 0.4) is 0 Å². The summed E-state index contributed by atoms with van der Waals surface area (Å²) in [5.41, 5.74) is 0. The van der Waals surface area contributed by atoms with Gasteiger partial charge in [-0.05, 0) is 13.8 Å². The van der Waals surface area contributed by atoms with E-state index in [9.17, 15) is 19.8 Å². The number of carboxylic acids is 2. The van der Waals surface area contributed by atoms with Crippen LogP contribution in [-0.2, 0) is 9.59 Å². The minimum absolute atomic E-state index is 0. The molecule has 0 saturated carbocycles. The average molecular weight is 335 g/mol. The summed E-state index contributed by atoms with van der Waals surface area (Å²) in [7, 11) is 0. The number of aliphatic hydroxyl groups excluding tert-OH is 2. The van der Waals surface area contributed by atoms with Gasteiger partial charge in [0, 0.05) is 0 Å². The van der Waals surface area contributed by atoms with Crippen molar-refractivity contribution in [2.75, 3.05) is 0 Å². The van der Waals surface area contributed by atoms with Gasteiger partial charge in [0.15, 0.2) is 0 Å². The van der Waals surface area contributed by atoms with Gasteiger partial charge in [-0.15, -0.1) is 0 Å². The van der Waals surface area contributed by atoms with E-state index in [4.69, 9.17) is 10.2 Å². The van der Waals surface area contributed by atoms with E-state index in [-0.39, 0.29) is 122 Å². The number of rotatable bonds is 2. The van der Waals surface area contributed by atoms with Crippen molar-refractivity contribution in [3.63, 3.8) is 0 Å². The molecule has 2 N–H and O–H groups in total. The molecule has 0 amide bonds. The van der Waals surface area contributed by atoms with E-state index in [1.807, 2.05) is 0 Å². The molecule has 0 heterocycles. The predicted molar refractivity (Wildman–Crippen MR) is 39.1 cm³/mol. The van der Waals surface area contributed by atoms with Crippen molar-refractivity contribution >= 4 is 49.7 Å². The predicted octanol–water partition coefficient (Wildman–Crippen LogP) is -16.1. The van der Waals surface area contributed by atoms with E-state index in [1.165, 1.54) is 0 Å². The number of carbonyl (C=O) groups excluding carboxylic acids is 2. The van der Waals surface area contributed by atoms with E-state index < -0.39 is 24.1 Å². The van der Waals surface area contributed by atoms with E-state index in [1.54, 1.807) is 0 Å². The van der Waals surface area contributed by atoms with Crippen LogP contribution in [0.1, 0.15) is 13.8 Å². The molecule has 11 heteroatoms. The van der Waals surface area contributed by atoms with Gasteiger partial charge >= 0.3 is 96.9 Å². The molecule has 0 aliphatic heterocycles. The van der Waals surface area contributed by atoms with Crippen molar-refractivity contribution in [3.05, 3.63) is 0 Å². The Kier molecular flexibility index (Phi) is 68.1. The first kappa shape index (κ1) is 42.7. The maximum absolute atomic E-state index is 9.34. The van der Waals surface area contributed by atoms with E-state index in [0.717, 1.165) is 13.8 Å². The molecular formula is C6H10CaCl2Na2O6. The fraction of sp³-hybridized carbons (Fsp3) is 0.667. The van der Waals surface area contributed by atoms with Crippen molar-refractivity contribution in [1.29, 1.82) is 0 Å². The molecule has 0 saturated heterocycles. The zero-order valence-corrected chi connectivity index (χ0v) is 17.9. The molecule has 88 valence electrons. The quantitative estimate of drug-likeness (QED) is 0.484. The largest absolute Gasteiger partial charge is 2.00 e. The summed E-state index contributed by atoms with van der Waals surface area (Å²) in [6.45, 7) is 2.27. The monoisotopic (exact) mass is 334 g/mol. The van der Waals surface area contributed by atoms with Crippen molar-refractivity contribution < 1.29 is 114 Å². The number of aliphatic hydroxyl groups is 2. The first-order valence-corrected chi connectivity index (χ1v) is 3.06. The van der Waals surface area contributed by atoms with Crippen LogP contribution in [0.15, 0.2) is 0 Å². The maximum Gasteiger partial charge on any atom is 2.00 e. The minimum atomic E-state index is -1.44. The first-order chi connectivity index (χ1) is 5.29. The molecule has 17 heavy (non-hydrogen) atoms. The fourth-order valence-corrected chi connectivity index (χ4v) is 0. The second-order valence-corrected chi connectivity index (χ2v) is 1.99. The Hall–Kier alpha value is 2.70. The zero-order valence-electron chi connectivity index (χ0n) is 10.1. The third-order valence-corrected chi connectivity index (χ3v) is 0.682. The van der Waals surface area contributed by atoms with Crippen LogP contribution in [0.2, 0.25) is 0 Å². The van der Waals surface area contributed by atoms with Gasteiger partial charge < -0.3 is 54.8 Å². The van der Waals surface area contributed by atoms with Crippen LogP contribution in [0.4, 0.5) is 0 Å². The smallest absolute Gasteiger partial charge is 1.00 e. The Labute approximate surface area is 186 Å². The second kappa shape index (κ2) is 27.1. The number of carboxylic acid groups (broad SMARTS) is 2. The van der Waals surface area contributed by atoms with Crippen molar-refractivity contribution in [3.8, 4) is 0 Å². The molecule has 0 bridgehead atoms. The van der Waals surface area contributed by atoms with E-state index >= 15 is 0 Å². The van der Waals surface area contributed by atoms with Crippen LogP contribution in [-0.4, -0.2) is 72.1 Å². The molecule has 6 nitrogen and oxygen atoms in total. The van der Waals surface area contributed by atoms with Gasteiger partial charge in [-0.25, -0.2) is 0 Å². The van der Waals surface area contributed by atoms with Gasteiger partial charge in [0.2, 0.25) is 0 Å². The molecule has 0 rings (SSSR count). The standard InChI is InChI=1S/2C3H6O3.Ca.2ClH.2Na/c2*1-2(4)3(5)6;;;;;/h2*2,4H,1H3,(H,5,6);;2*1H;;/q;;+2;;;2*+1/p-4. The molecule has 0 aromatic rings. The zero-order chi connectivity index (χ0) is 10.3. The van der Waals surface area contributed by atoms with Gasteiger partial charge in [0.25, 0.3) is 0 Å². The SMILES string of the molecule is CC(O)C(=O)[O-].CC(O)C(=O)[O-].[Ca+2].[Cl-].[Cl-].[Na+].[Na+]. The Balaban J connectivity index is -0.0000000182. The molecular weight excluding hydrogens is 325 g/mol. The summed E-state index contributed by atoms with van der Waals surface area (Å²) in [6, 6.07) is 0. The molecule has 0 aliphatic carbocycles. The molecule has 2 unspecified atom stereocenters. The van der Waals surface area contributed by atoms with E-state index in [2.05, 4.69) is 0 Å². The first-order valence-electron chi connectivity index (χ1n) is 3.06. The summed E-state index contributed by atoms with van der Waals surface area (Å²) < 4.78 is 0. The summed E-state index contributed by atoms with van der Waals surface area (Å²) >= 11 is 0. The van der Waals surface area contributed by atoms with Crippen LogP contribution >= 0.6 is 0 Å². The Morgan fingerprint density at radius 3 is 0.941 bits per heavy atom. The maximum atomic E-state index is 9.34. The van der Waals surface area contributed by atoms with Crippen molar-refractivity contribution in [2.24, 2.45) is 0 Å². The number of halogens is 2. The normalized spacial score (nSPS) is 9.65.